The van der Waals surface area contributed by atoms with E-state index in [2.05, 4.69) is 20.2 Å². The number of aromatic nitrogens is 2. The van der Waals surface area contributed by atoms with Gasteiger partial charge >= 0.3 is 0 Å². The first kappa shape index (κ1) is 20.6. The van der Waals surface area contributed by atoms with Crippen molar-refractivity contribution in [3.8, 4) is 0 Å². The number of hydrogen-bond acceptors (Lipinski definition) is 5. The van der Waals surface area contributed by atoms with Crippen LogP contribution in [0.4, 0.5) is 5.69 Å². The van der Waals surface area contributed by atoms with Gasteiger partial charge in [0.05, 0.1) is 17.8 Å². The number of anilines is 1. The summed E-state index contributed by atoms with van der Waals surface area (Å²) in [6.45, 7) is 4.77. The summed E-state index contributed by atoms with van der Waals surface area (Å²) in [6, 6.07) is 7.65. The third-order valence-electron chi connectivity index (χ3n) is 5.95. The SMILES string of the molecule is Cc1cnc(C(=O)N[C@@H]2CCC[C@@H]2C(=O)N2CCN(c3ccc(Cl)cc3)CC2)cn1. The summed E-state index contributed by atoms with van der Waals surface area (Å²) >= 11 is 5.97. The number of nitrogens with one attached hydrogen (secondary N) is 1. The van der Waals surface area contributed by atoms with Crippen LogP contribution >= 0.6 is 11.6 Å². The Hall–Kier alpha value is -2.67. The van der Waals surface area contributed by atoms with Crippen molar-refractivity contribution in [2.75, 3.05) is 31.1 Å². The van der Waals surface area contributed by atoms with E-state index in [0.717, 1.165) is 48.8 Å². The molecule has 158 valence electrons. The molecule has 1 N–H and O–H groups in total. The van der Waals surface area contributed by atoms with Crippen LogP contribution in [0.25, 0.3) is 0 Å². The van der Waals surface area contributed by atoms with E-state index >= 15 is 0 Å². The molecule has 2 amide bonds. The maximum atomic E-state index is 13.2. The van der Waals surface area contributed by atoms with E-state index in [0.29, 0.717) is 13.1 Å². The van der Waals surface area contributed by atoms with E-state index in [1.165, 1.54) is 6.20 Å². The molecule has 1 aliphatic carbocycles. The molecule has 2 fully saturated rings. The van der Waals surface area contributed by atoms with E-state index in [1.54, 1.807) is 6.20 Å². The zero-order valence-electron chi connectivity index (χ0n) is 17.1. The summed E-state index contributed by atoms with van der Waals surface area (Å²) in [7, 11) is 0. The fourth-order valence-electron chi connectivity index (χ4n) is 4.25. The summed E-state index contributed by atoms with van der Waals surface area (Å²) < 4.78 is 0. The molecule has 30 heavy (non-hydrogen) atoms. The first-order valence-electron chi connectivity index (χ1n) is 10.4. The van der Waals surface area contributed by atoms with Gasteiger partial charge in [0, 0.05) is 49.1 Å². The molecule has 1 aromatic heterocycles. The summed E-state index contributed by atoms with van der Waals surface area (Å²) in [5.41, 5.74) is 2.17. The predicted molar refractivity (Wildman–Crippen MR) is 116 cm³/mol. The van der Waals surface area contributed by atoms with Crippen LogP contribution in [0.3, 0.4) is 0 Å². The van der Waals surface area contributed by atoms with Gasteiger partial charge in [0.25, 0.3) is 5.91 Å². The zero-order chi connectivity index (χ0) is 21.1. The highest BCUT2D eigenvalue weighted by Gasteiger charge is 2.37. The number of carbonyl (C=O) groups is 2. The standard InChI is InChI=1S/C22H26ClN5O2/c1-15-13-25-20(14-24-15)21(29)26-19-4-2-3-18(19)22(30)28-11-9-27(10-12-28)17-7-5-16(23)6-8-17/h5-8,13-14,18-19H,2-4,9-12H2,1H3,(H,26,29)/t18-,19+/m0/s1. The maximum absolute atomic E-state index is 13.2. The number of nitrogens with zero attached hydrogens (tertiary/aromatic N) is 4. The monoisotopic (exact) mass is 427 g/mol. The van der Waals surface area contributed by atoms with Crippen LogP contribution in [0.2, 0.25) is 5.02 Å². The summed E-state index contributed by atoms with van der Waals surface area (Å²) in [5.74, 6) is -0.294. The Balaban J connectivity index is 1.34. The summed E-state index contributed by atoms with van der Waals surface area (Å²) in [6.07, 6.45) is 5.61. The molecule has 0 bridgehead atoms. The molecular formula is C22H26ClN5O2. The van der Waals surface area contributed by atoms with Gasteiger partial charge in [-0.3, -0.25) is 14.6 Å². The quantitative estimate of drug-likeness (QED) is 0.811. The van der Waals surface area contributed by atoms with E-state index in [4.69, 9.17) is 11.6 Å². The fourth-order valence-corrected chi connectivity index (χ4v) is 4.38. The second kappa shape index (κ2) is 9.00. The Morgan fingerprint density at radius 1 is 1.03 bits per heavy atom. The molecule has 4 rings (SSSR count). The van der Waals surface area contributed by atoms with Crippen molar-refractivity contribution in [1.29, 1.82) is 0 Å². The largest absolute Gasteiger partial charge is 0.368 e. The zero-order valence-corrected chi connectivity index (χ0v) is 17.8. The van der Waals surface area contributed by atoms with Gasteiger partial charge in [-0.25, -0.2) is 4.98 Å². The van der Waals surface area contributed by atoms with E-state index in [9.17, 15) is 9.59 Å². The van der Waals surface area contributed by atoms with E-state index in [1.807, 2.05) is 36.1 Å². The average molecular weight is 428 g/mol. The Morgan fingerprint density at radius 3 is 2.43 bits per heavy atom. The summed E-state index contributed by atoms with van der Waals surface area (Å²) in [5, 5.41) is 3.73. The molecule has 0 unspecified atom stereocenters. The number of halogens is 1. The highest BCUT2D eigenvalue weighted by molar-refractivity contribution is 6.30. The lowest BCUT2D eigenvalue weighted by Crippen LogP contribution is -2.53. The summed E-state index contributed by atoms with van der Waals surface area (Å²) in [4.78, 5) is 38.2. The smallest absolute Gasteiger partial charge is 0.271 e. The minimum absolute atomic E-state index is 0.142. The van der Waals surface area contributed by atoms with Gasteiger partial charge in [-0.15, -0.1) is 0 Å². The predicted octanol–water partition coefficient (Wildman–Crippen LogP) is 2.69. The highest BCUT2D eigenvalue weighted by atomic mass is 35.5. The Morgan fingerprint density at radius 2 is 1.77 bits per heavy atom. The number of carbonyl (C=O) groups excluding carboxylic acids is 2. The van der Waals surface area contributed by atoms with Crippen LogP contribution in [0.15, 0.2) is 36.7 Å². The van der Waals surface area contributed by atoms with Crippen LogP contribution in [-0.4, -0.2) is 58.9 Å². The van der Waals surface area contributed by atoms with E-state index < -0.39 is 0 Å². The van der Waals surface area contributed by atoms with Crippen LogP contribution in [0.5, 0.6) is 0 Å². The Kier molecular flexibility index (Phi) is 6.18. The van der Waals surface area contributed by atoms with Crippen LogP contribution < -0.4 is 10.2 Å². The molecule has 2 heterocycles. The van der Waals surface area contributed by atoms with Gasteiger partial charge in [-0.05, 0) is 44.0 Å². The van der Waals surface area contributed by atoms with Gasteiger partial charge in [-0.2, -0.15) is 0 Å². The number of aryl methyl sites for hydroxylation is 1. The fraction of sp³-hybridized carbons (Fsp3) is 0.455. The second-order valence-corrected chi connectivity index (χ2v) is 8.39. The number of amides is 2. The maximum Gasteiger partial charge on any atom is 0.271 e. The highest BCUT2D eigenvalue weighted by Crippen LogP contribution is 2.29. The molecule has 1 saturated heterocycles. The van der Waals surface area contributed by atoms with Gasteiger partial charge in [0.1, 0.15) is 5.69 Å². The minimum atomic E-state index is -0.264. The van der Waals surface area contributed by atoms with Gasteiger partial charge in [0.15, 0.2) is 0 Å². The van der Waals surface area contributed by atoms with Crippen molar-refractivity contribution >= 4 is 29.1 Å². The Labute approximate surface area is 181 Å². The third-order valence-corrected chi connectivity index (χ3v) is 6.20. The first-order chi connectivity index (χ1) is 14.5. The Bertz CT molecular complexity index is 895. The van der Waals surface area contributed by atoms with E-state index in [-0.39, 0.29) is 29.5 Å². The van der Waals surface area contributed by atoms with Gasteiger partial charge in [-0.1, -0.05) is 18.0 Å². The van der Waals surface area contributed by atoms with Crippen molar-refractivity contribution in [3.63, 3.8) is 0 Å². The molecule has 2 aromatic rings. The number of rotatable bonds is 4. The molecule has 2 aliphatic rings. The molecule has 1 aliphatic heterocycles. The molecule has 8 heteroatoms. The van der Waals surface area contributed by atoms with Crippen LogP contribution in [-0.2, 0) is 4.79 Å². The third kappa shape index (κ3) is 4.56. The lowest BCUT2D eigenvalue weighted by atomic mass is 10.0. The second-order valence-electron chi connectivity index (χ2n) is 7.95. The van der Waals surface area contributed by atoms with Crippen molar-refractivity contribution in [2.24, 2.45) is 5.92 Å². The molecule has 1 saturated carbocycles. The normalized spacial score (nSPS) is 21.5. The molecule has 2 atom stereocenters. The molecule has 0 spiro atoms. The lowest BCUT2D eigenvalue weighted by Gasteiger charge is -2.38. The van der Waals surface area contributed by atoms with Gasteiger partial charge < -0.3 is 15.1 Å². The molecule has 7 nitrogen and oxygen atoms in total. The average Bonchev–Trinajstić information content (AvgIpc) is 3.22. The number of piperazine rings is 1. The molecule has 0 radical (unpaired) electrons. The minimum Gasteiger partial charge on any atom is -0.368 e. The topological polar surface area (TPSA) is 78.4 Å². The van der Waals surface area contributed by atoms with Gasteiger partial charge in [0.2, 0.25) is 5.91 Å². The molecule has 1 aromatic carbocycles. The van der Waals surface area contributed by atoms with Crippen molar-refractivity contribution in [2.45, 2.75) is 32.2 Å². The van der Waals surface area contributed by atoms with Crippen molar-refractivity contribution in [1.82, 2.24) is 20.2 Å². The number of benzene rings is 1. The first-order valence-corrected chi connectivity index (χ1v) is 10.8. The van der Waals surface area contributed by atoms with Crippen LogP contribution in [0.1, 0.15) is 35.4 Å². The molecular weight excluding hydrogens is 402 g/mol. The number of hydrogen-bond donors (Lipinski definition) is 1. The van der Waals surface area contributed by atoms with Crippen LogP contribution in [0, 0.1) is 12.8 Å². The lowest BCUT2D eigenvalue weighted by molar-refractivity contribution is -0.136. The van der Waals surface area contributed by atoms with Crippen molar-refractivity contribution < 1.29 is 9.59 Å². The van der Waals surface area contributed by atoms with Crippen molar-refractivity contribution in [3.05, 3.63) is 53.1 Å².